The molecule has 2 rings (SSSR count). The van der Waals surface area contributed by atoms with Gasteiger partial charge in [-0.1, -0.05) is 17.5 Å². The van der Waals surface area contributed by atoms with Crippen molar-refractivity contribution >= 4 is 22.9 Å². The molecule has 0 spiro atoms. The molecule has 0 saturated heterocycles. The predicted octanol–water partition coefficient (Wildman–Crippen LogP) is 2.88. The van der Waals surface area contributed by atoms with Crippen molar-refractivity contribution in [2.24, 2.45) is 0 Å². The summed E-state index contributed by atoms with van der Waals surface area (Å²) < 4.78 is 3.92. The zero-order chi connectivity index (χ0) is 11.2. The van der Waals surface area contributed by atoms with Gasteiger partial charge in [-0.25, -0.2) is 0 Å². The van der Waals surface area contributed by atoms with E-state index in [2.05, 4.69) is 39.3 Å². The van der Waals surface area contributed by atoms with Crippen molar-refractivity contribution in [3.05, 3.63) is 33.5 Å². The summed E-state index contributed by atoms with van der Waals surface area (Å²) in [6, 6.07) is 4.70. The molecule has 1 unspecified atom stereocenters. The molecule has 1 N–H and O–H groups in total. The molecule has 0 fully saturated rings. The number of nitrogens with zero attached hydrogens (tertiary/aromatic N) is 2. The van der Waals surface area contributed by atoms with Crippen molar-refractivity contribution in [1.29, 1.82) is 0 Å². The number of nitrogens with one attached hydrogen (secondary N) is 1. The van der Waals surface area contributed by atoms with Crippen molar-refractivity contribution in [2.75, 3.05) is 6.54 Å². The summed E-state index contributed by atoms with van der Waals surface area (Å²) in [7, 11) is 0. The van der Waals surface area contributed by atoms with Crippen LogP contribution in [0.1, 0.15) is 29.1 Å². The van der Waals surface area contributed by atoms with E-state index in [1.165, 1.54) is 21.3 Å². The SMILES string of the molecule is CCNC(CCc1cccs1)c1cnns1. The quantitative estimate of drug-likeness (QED) is 0.860. The highest BCUT2D eigenvalue weighted by Gasteiger charge is 2.12. The number of hydrogen-bond donors (Lipinski definition) is 1. The first-order valence-electron chi connectivity index (χ1n) is 5.43. The van der Waals surface area contributed by atoms with E-state index in [4.69, 9.17) is 0 Å². The fourth-order valence-electron chi connectivity index (χ4n) is 1.66. The molecule has 0 bridgehead atoms. The molecule has 0 radical (unpaired) electrons. The van der Waals surface area contributed by atoms with Crippen LogP contribution in [-0.2, 0) is 6.42 Å². The third-order valence-corrected chi connectivity index (χ3v) is 4.14. The van der Waals surface area contributed by atoms with Crippen LogP contribution in [0.5, 0.6) is 0 Å². The molecule has 0 aliphatic heterocycles. The number of thiophene rings is 1. The molecule has 1 atom stereocenters. The molecule has 0 aliphatic rings. The van der Waals surface area contributed by atoms with Gasteiger partial charge in [0.05, 0.1) is 11.1 Å². The van der Waals surface area contributed by atoms with E-state index in [1.54, 1.807) is 0 Å². The van der Waals surface area contributed by atoms with Gasteiger partial charge in [-0.05, 0) is 42.4 Å². The van der Waals surface area contributed by atoms with Gasteiger partial charge in [-0.3, -0.25) is 0 Å². The summed E-state index contributed by atoms with van der Waals surface area (Å²) in [5.74, 6) is 0. The van der Waals surface area contributed by atoms with Crippen LogP contribution in [0, 0.1) is 0 Å². The fraction of sp³-hybridized carbons (Fsp3) is 0.455. The van der Waals surface area contributed by atoms with Crippen molar-refractivity contribution in [3.63, 3.8) is 0 Å². The van der Waals surface area contributed by atoms with Gasteiger partial charge in [0.1, 0.15) is 0 Å². The van der Waals surface area contributed by atoms with Crippen molar-refractivity contribution < 1.29 is 0 Å². The normalized spacial score (nSPS) is 12.8. The van der Waals surface area contributed by atoms with Crippen molar-refractivity contribution in [2.45, 2.75) is 25.8 Å². The maximum atomic E-state index is 3.92. The van der Waals surface area contributed by atoms with Crippen LogP contribution in [0.2, 0.25) is 0 Å². The zero-order valence-corrected chi connectivity index (χ0v) is 10.9. The monoisotopic (exact) mass is 253 g/mol. The lowest BCUT2D eigenvalue weighted by Crippen LogP contribution is -2.20. The van der Waals surface area contributed by atoms with Gasteiger partial charge >= 0.3 is 0 Å². The lowest BCUT2D eigenvalue weighted by molar-refractivity contribution is 0.524. The maximum Gasteiger partial charge on any atom is 0.0669 e. The van der Waals surface area contributed by atoms with Crippen LogP contribution in [0.15, 0.2) is 23.7 Å². The average molecular weight is 253 g/mol. The molecule has 0 aromatic carbocycles. The van der Waals surface area contributed by atoms with Gasteiger partial charge in [-0.15, -0.1) is 16.4 Å². The largest absolute Gasteiger partial charge is 0.309 e. The molecule has 2 heterocycles. The Morgan fingerprint density at radius 3 is 3.06 bits per heavy atom. The van der Waals surface area contributed by atoms with Crippen LogP contribution in [-0.4, -0.2) is 16.1 Å². The van der Waals surface area contributed by atoms with Crippen LogP contribution in [0.3, 0.4) is 0 Å². The Bertz CT molecular complexity index is 383. The molecular formula is C11H15N3S2. The Labute approximate surface area is 104 Å². The van der Waals surface area contributed by atoms with E-state index >= 15 is 0 Å². The highest BCUT2D eigenvalue weighted by molar-refractivity contribution is 7.09. The minimum Gasteiger partial charge on any atom is -0.309 e. The standard InChI is InChI=1S/C11H15N3S2/c1-2-12-10(11-8-13-14-16-11)6-5-9-4-3-7-15-9/h3-4,7-8,10,12H,2,5-6H2,1H3. The smallest absolute Gasteiger partial charge is 0.0669 e. The van der Waals surface area contributed by atoms with Gasteiger partial charge in [0.15, 0.2) is 0 Å². The van der Waals surface area contributed by atoms with E-state index < -0.39 is 0 Å². The van der Waals surface area contributed by atoms with E-state index in [-0.39, 0.29) is 0 Å². The molecule has 86 valence electrons. The van der Waals surface area contributed by atoms with Crippen LogP contribution < -0.4 is 5.32 Å². The number of aryl methyl sites for hydroxylation is 1. The minimum absolute atomic E-state index is 0.395. The Balaban J connectivity index is 1.93. The summed E-state index contributed by atoms with van der Waals surface area (Å²) in [4.78, 5) is 2.68. The van der Waals surface area contributed by atoms with Gasteiger partial charge < -0.3 is 5.32 Å². The summed E-state index contributed by atoms with van der Waals surface area (Å²) >= 11 is 3.31. The molecule has 2 aromatic rings. The van der Waals surface area contributed by atoms with E-state index in [1.807, 2.05) is 17.5 Å². The average Bonchev–Trinajstić information content (AvgIpc) is 2.96. The second-order valence-corrected chi connectivity index (χ2v) is 5.40. The van der Waals surface area contributed by atoms with Gasteiger partial charge in [-0.2, -0.15) is 0 Å². The van der Waals surface area contributed by atoms with Gasteiger partial charge in [0.25, 0.3) is 0 Å². The van der Waals surface area contributed by atoms with Gasteiger partial charge in [0.2, 0.25) is 0 Å². The first kappa shape index (κ1) is 11.7. The van der Waals surface area contributed by atoms with E-state index in [0.29, 0.717) is 6.04 Å². The lowest BCUT2D eigenvalue weighted by Gasteiger charge is -2.14. The first-order valence-corrected chi connectivity index (χ1v) is 7.08. The van der Waals surface area contributed by atoms with Crippen LogP contribution in [0.4, 0.5) is 0 Å². The number of hydrogen-bond acceptors (Lipinski definition) is 5. The van der Waals surface area contributed by atoms with Crippen LogP contribution >= 0.6 is 22.9 Å². The third-order valence-electron chi connectivity index (χ3n) is 2.43. The fourth-order valence-corrected chi connectivity index (χ4v) is 3.00. The Hall–Kier alpha value is -0.780. The van der Waals surface area contributed by atoms with Gasteiger partial charge in [0, 0.05) is 10.9 Å². The second kappa shape index (κ2) is 6.08. The maximum absolute atomic E-state index is 3.92. The topological polar surface area (TPSA) is 37.8 Å². The molecular weight excluding hydrogens is 238 g/mol. The molecule has 0 amide bonds. The molecule has 2 aromatic heterocycles. The lowest BCUT2D eigenvalue weighted by atomic mass is 10.1. The molecule has 0 aliphatic carbocycles. The molecule has 5 heteroatoms. The molecule has 0 saturated carbocycles. The Kier molecular flexibility index (Phi) is 4.44. The number of rotatable bonds is 6. The number of aromatic nitrogens is 2. The second-order valence-electron chi connectivity index (χ2n) is 3.55. The first-order chi connectivity index (χ1) is 7.90. The van der Waals surface area contributed by atoms with E-state index in [0.717, 1.165) is 19.4 Å². The Morgan fingerprint density at radius 1 is 1.50 bits per heavy atom. The predicted molar refractivity (Wildman–Crippen MR) is 69.0 cm³/mol. The molecule has 16 heavy (non-hydrogen) atoms. The summed E-state index contributed by atoms with van der Waals surface area (Å²) in [6.45, 7) is 3.11. The van der Waals surface area contributed by atoms with E-state index in [9.17, 15) is 0 Å². The highest BCUT2D eigenvalue weighted by atomic mass is 32.1. The van der Waals surface area contributed by atoms with Crippen molar-refractivity contribution in [1.82, 2.24) is 14.9 Å². The summed E-state index contributed by atoms with van der Waals surface area (Å²) in [5.41, 5.74) is 0. The zero-order valence-electron chi connectivity index (χ0n) is 9.22. The molecule has 3 nitrogen and oxygen atoms in total. The third kappa shape index (κ3) is 3.10. The Morgan fingerprint density at radius 2 is 2.44 bits per heavy atom. The highest BCUT2D eigenvalue weighted by Crippen LogP contribution is 2.22. The minimum atomic E-state index is 0.395. The summed E-state index contributed by atoms with van der Waals surface area (Å²) in [6.07, 6.45) is 4.10. The van der Waals surface area contributed by atoms with Crippen molar-refractivity contribution in [3.8, 4) is 0 Å². The van der Waals surface area contributed by atoms with Crippen LogP contribution in [0.25, 0.3) is 0 Å². The summed E-state index contributed by atoms with van der Waals surface area (Å²) in [5, 5.41) is 9.51.